The molecule has 5 heteroatoms. The molecule has 2 fully saturated rings. The van der Waals surface area contributed by atoms with Gasteiger partial charge in [0.25, 0.3) is 0 Å². The molecular formula is C17H23NO4. The van der Waals surface area contributed by atoms with E-state index in [4.69, 9.17) is 4.74 Å². The molecule has 5 nitrogen and oxygen atoms in total. The Kier molecular flexibility index (Phi) is 4.21. The summed E-state index contributed by atoms with van der Waals surface area (Å²) in [7, 11) is 1.93. The van der Waals surface area contributed by atoms with Gasteiger partial charge >= 0.3 is 5.97 Å². The van der Waals surface area contributed by atoms with Gasteiger partial charge in [0.15, 0.2) is 0 Å². The van der Waals surface area contributed by atoms with E-state index in [0.29, 0.717) is 6.42 Å². The van der Waals surface area contributed by atoms with E-state index in [9.17, 15) is 15.0 Å². The van der Waals surface area contributed by atoms with Crippen LogP contribution in [0.15, 0.2) is 30.3 Å². The van der Waals surface area contributed by atoms with Gasteiger partial charge in [0.05, 0.1) is 6.61 Å². The number of aliphatic hydroxyl groups is 2. The highest BCUT2D eigenvalue weighted by molar-refractivity contribution is 5.78. The predicted molar refractivity (Wildman–Crippen MR) is 81.1 cm³/mol. The number of fused-ring (bicyclic) bond motifs is 2. The molecule has 22 heavy (non-hydrogen) atoms. The first-order valence-electron chi connectivity index (χ1n) is 7.85. The minimum absolute atomic E-state index is 0.265. The summed E-state index contributed by atoms with van der Waals surface area (Å²) in [5, 5.41) is 20.1. The summed E-state index contributed by atoms with van der Waals surface area (Å²) in [5.41, 5.74) is -0.0976. The van der Waals surface area contributed by atoms with Gasteiger partial charge in [-0.25, -0.2) is 0 Å². The van der Waals surface area contributed by atoms with Crippen LogP contribution in [0.1, 0.15) is 37.2 Å². The highest BCUT2D eigenvalue weighted by Gasteiger charge is 2.50. The minimum Gasteiger partial charge on any atom is -0.462 e. The second kappa shape index (κ2) is 5.99. The maximum atomic E-state index is 12.4. The van der Waals surface area contributed by atoms with Crippen molar-refractivity contribution in [3.63, 3.8) is 0 Å². The molecule has 0 spiro atoms. The van der Waals surface area contributed by atoms with Crippen LogP contribution in [0.3, 0.4) is 0 Å². The normalized spacial score (nSPS) is 32.7. The van der Waals surface area contributed by atoms with E-state index in [1.807, 2.05) is 42.3 Å². The number of carbonyl (C=O) groups excluding carboxylic acids is 1. The Morgan fingerprint density at radius 3 is 2.82 bits per heavy atom. The fourth-order valence-corrected chi connectivity index (χ4v) is 3.72. The number of esters is 1. The van der Waals surface area contributed by atoms with Crippen LogP contribution in [0.25, 0.3) is 0 Å². The van der Waals surface area contributed by atoms with Crippen LogP contribution < -0.4 is 0 Å². The average molecular weight is 305 g/mol. The Hall–Kier alpha value is -1.43. The van der Waals surface area contributed by atoms with E-state index < -0.39 is 17.6 Å². The van der Waals surface area contributed by atoms with Crippen molar-refractivity contribution in [3.05, 3.63) is 35.9 Å². The fraction of sp³-hybridized carbons (Fsp3) is 0.588. The maximum absolute atomic E-state index is 12.4. The molecule has 4 atom stereocenters. The smallest absolute Gasteiger partial charge is 0.316 e. The number of hydrogen-bond donors (Lipinski definition) is 2. The summed E-state index contributed by atoms with van der Waals surface area (Å²) in [6, 6.07) is 9.43. The lowest BCUT2D eigenvalue weighted by Gasteiger charge is -2.41. The first-order chi connectivity index (χ1) is 10.5. The van der Waals surface area contributed by atoms with Crippen LogP contribution in [0.2, 0.25) is 0 Å². The predicted octanol–water partition coefficient (Wildman–Crippen LogP) is 1.25. The molecule has 2 aliphatic heterocycles. The highest BCUT2D eigenvalue weighted by Crippen LogP contribution is 2.42. The van der Waals surface area contributed by atoms with Crippen LogP contribution in [-0.4, -0.2) is 52.6 Å². The second-order valence-electron chi connectivity index (χ2n) is 6.43. The monoisotopic (exact) mass is 305 g/mol. The molecule has 1 aromatic carbocycles. The maximum Gasteiger partial charge on any atom is 0.316 e. The largest absolute Gasteiger partial charge is 0.462 e. The molecule has 2 saturated heterocycles. The topological polar surface area (TPSA) is 70.0 Å². The molecule has 2 N–H and O–H groups in total. The Bertz CT molecular complexity index is 535. The third-order valence-electron chi connectivity index (χ3n) is 5.12. The van der Waals surface area contributed by atoms with E-state index in [0.717, 1.165) is 24.8 Å². The molecule has 120 valence electrons. The van der Waals surface area contributed by atoms with E-state index in [-0.39, 0.29) is 18.8 Å². The van der Waals surface area contributed by atoms with E-state index in [1.54, 1.807) is 0 Å². The number of carbonyl (C=O) groups is 1. The first-order valence-corrected chi connectivity index (χ1v) is 7.85. The van der Waals surface area contributed by atoms with Crippen LogP contribution in [0, 0.1) is 0 Å². The van der Waals surface area contributed by atoms with Crippen molar-refractivity contribution in [1.82, 2.24) is 4.90 Å². The molecule has 0 aromatic heterocycles. The number of piperidine rings is 1. The van der Waals surface area contributed by atoms with Crippen LogP contribution in [0.5, 0.6) is 0 Å². The quantitative estimate of drug-likeness (QED) is 0.819. The summed E-state index contributed by atoms with van der Waals surface area (Å²) >= 11 is 0. The zero-order valence-electron chi connectivity index (χ0n) is 12.8. The molecule has 2 aliphatic rings. The van der Waals surface area contributed by atoms with Gasteiger partial charge < -0.3 is 14.9 Å². The molecule has 0 saturated carbocycles. The second-order valence-corrected chi connectivity index (χ2v) is 6.43. The molecule has 0 amide bonds. The van der Waals surface area contributed by atoms with Crippen molar-refractivity contribution in [3.8, 4) is 0 Å². The van der Waals surface area contributed by atoms with Gasteiger partial charge in [-0.1, -0.05) is 30.3 Å². The fourth-order valence-electron chi connectivity index (χ4n) is 3.72. The van der Waals surface area contributed by atoms with Crippen molar-refractivity contribution in [1.29, 1.82) is 0 Å². The zero-order valence-corrected chi connectivity index (χ0v) is 12.8. The molecule has 0 radical (unpaired) electrons. The molecule has 0 unspecified atom stereocenters. The highest BCUT2D eigenvalue weighted by atomic mass is 16.5. The average Bonchev–Trinajstić information content (AvgIpc) is 2.68. The van der Waals surface area contributed by atoms with Gasteiger partial charge in [-0.3, -0.25) is 9.69 Å². The van der Waals surface area contributed by atoms with Crippen molar-refractivity contribution < 1.29 is 19.7 Å². The summed E-state index contributed by atoms with van der Waals surface area (Å²) in [6.07, 6.45) is 2.57. The Balaban J connectivity index is 1.67. The lowest BCUT2D eigenvalue weighted by Crippen LogP contribution is -2.52. The molecule has 1 aromatic rings. The lowest BCUT2D eigenvalue weighted by molar-refractivity contribution is -0.172. The van der Waals surface area contributed by atoms with Gasteiger partial charge in [0, 0.05) is 18.9 Å². The van der Waals surface area contributed by atoms with E-state index >= 15 is 0 Å². The molecule has 2 heterocycles. The summed E-state index contributed by atoms with van der Waals surface area (Å²) < 4.78 is 5.61. The Morgan fingerprint density at radius 1 is 1.45 bits per heavy atom. The van der Waals surface area contributed by atoms with E-state index in [1.165, 1.54) is 0 Å². The summed E-state index contributed by atoms with van der Waals surface area (Å²) in [4.78, 5) is 14.4. The number of hydrogen-bond acceptors (Lipinski definition) is 5. The van der Waals surface area contributed by atoms with Gasteiger partial charge in [-0.2, -0.15) is 0 Å². The van der Waals surface area contributed by atoms with Crippen molar-refractivity contribution >= 4 is 5.97 Å². The first kappa shape index (κ1) is 15.5. The SMILES string of the molecule is CN1[C@H]2CC[C@]1(O)C[C@@H](OC(=O)[C@H](CO)c1ccccc1)C2. The lowest BCUT2D eigenvalue weighted by atomic mass is 9.96. The summed E-state index contributed by atoms with van der Waals surface area (Å²) in [5.74, 6) is -1.07. The number of aliphatic hydroxyl groups excluding tert-OH is 1. The molecule has 2 bridgehead atoms. The van der Waals surface area contributed by atoms with Crippen LogP contribution in [0.4, 0.5) is 0 Å². The van der Waals surface area contributed by atoms with Crippen molar-refractivity contribution in [2.45, 2.75) is 49.5 Å². The third kappa shape index (κ3) is 2.76. The molecule has 3 rings (SSSR count). The van der Waals surface area contributed by atoms with Gasteiger partial charge in [0.2, 0.25) is 0 Å². The van der Waals surface area contributed by atoms with Crippen molar-refractivity contribution in [2.24, 2.45) is 0 Å². The van der Waals surface area contributed by atoms with E-state index in [2.05, 4.69) is 0 Å². The number of nitrogens with zero attached hydrogens (tertiary/aromatic N) is 1. The number of rotatable bonds is 4. The minimum atomic E-state index is -0.852. The van der Waals surface area contributed by atoms with Crippen LogP contribution in [-0.2, 0) is 9.53 Å². The third-order valence-corrected chi connectivity index (χ3v) is 5.12. The number of benzene rings is 1. The Morgan fingerprint density at radius 2 is 2.18 bits per heavy atom. The summed E-state index contributed by atoms with van der Waals surface area (Å²) in [6.45, 7) is -0.275. The number of ether oxygens (including phenoxy) is 1. The van der Waals surface area contributed by atoms with Crippen molar-refractivity contribution in [2.75, 3.05) is 13.7 Å². The molecular weight excluding hydrogens is 282 g/mol. The standard InChI is InChI=1S/C17H23NO4/c1-18-13-7-8-17(18,21)10-14(9-13)22-16(20)15(11-19)12-5-3-2-4-6-12/h2-6,13-15,19,21H,7-11H2,1H3/t13-,14-,15+,17-/m0/s1. The zero-order chi connectivity index (χ0) is 15.7. The van der Waals surface area contributed by atoms with Crippen LogP contribution >= 0.6 is 0 Å². The van der Waals surface area contributed by atoms with Gasteiger partial charge in [-0.15, -0.1) is 0 Å². The molecule has 0 aliphatic carbocycles. The Labute approximate surface area is 130 Å². The van der Waals surface area contributed by atoms with Gasteiger partial charge in [0.1, 0.15) is 17.7 Å². The van der Waals surface area contributed by atoms with Gasteiger partial charge in [-0.05, 0) is 25.5 Å².